The topological polar surface area (TPSA) is 52.0 Å². The van der Waals surface area contributed by atoms with Gasteiger partial charge in [0.1, 0.15) is 18.3 Å². The van der Waals surface area contributed by atoms with Gasteiger partial charge >= 0.3 is 0 Å². The lowest BCUT2D eigenvalue weighted by Gasteiger charge is -2.25. The summed E-state index contributed by atoms with van der Waals surface area (Å²) >= 11 is 0. The first-order valence-corrected chi connectivity index (χ1v) is 12.3. The number of nitrogens with one attached hydrogen (secondary N) is 1. The zero-order valence-electron chi connectivity index (χ0n) is 20.0. The smallest absolute Gasteiger partial charge is 0.134 e. The predicted molar refractivity (Wildman–Crippen MR) is 142 cm³/mol. The van der Waals surface area contributed by atoms with Gasteiger partial charge in [0.25, 0.3) is 0 Å². The number of alkyl halides is 1. The van der Waals surface area contributed by atoms with Crippen LogP contribution in [0.5, 0.6) is 0 Å². The lowest BCUT2D eigenvalue weighted by molar-refractivity contribution is 0.305. The van der Waals surface area contributed by atoms with Crippen molar-refractivity contribution in [3.8, 4) is 0 Å². The summed E-state index contributed by atoms with van der Waals surface area (Å²) in [5.41, 5.74) is 3.19. The number of allylic oxidation sites excluding steroid dienone is 5. The zero-order chi connectivity index (χ0) is 24.1. The number of hydrogen-bond acceptors (Lipinski definition) is 4. The maximum absolute atomic E-state index is 13.9. The van der Waals surface area contributed by atoms with Gasteiger partial charge in [0, 0.05) is 23.7 Å². The first-order valence-electron chi connectivity index (χ1n) is 11.7. The highest BCUT2D eigenvalue weighted by Gasteiger charge is 2.25. The summed E-state index contributed by atoms with van der Waals surface area (Å²) in [4.78, 5) is 4.64. The standard InChI is InChI=1S/C27H32FN4OP/c1-4-7-20(33-3)14-22(18(5-2)17-28)25-16-26-24(8-6-13-32(26)31-25)30-27-23-15-21(34)10-9-19(23)11-12-29-27/h5,7,9-12,14-16,24H,4,6,8,13,17,34H2,1-3H3,(H,29,30)/b18-5-,20-7-,22-14+. The molecule has 3 aromatic rings. The molecule has 7 heteroatoms. The number of fused-ring (bicyclic) bond motifs is 2. The number of aromatic nitrogens is 3. The molecule has 178 valence electrons. The summed E-state index contributed by atoms with van der Waals surface area (Å²) in [7, 11) is 4.39. The predicted octanol–water partition coefficient (Wildman–Crippen LogP) is 6.12. The van der Waals surface area contributed by atoms with Crippen LogP contribution in [0, 0.1) is 0 Å². The molecular weight excluding hydrogens is 446 g/mol. The Morgan fingerprint density at radius 3 is 2.91 bits per heavy atom. The van der Waals surface area contributed by atoms with Crippen molar-refractivity contribution >= 4 is 36.7 Å². The Morgan fingerprint density at radius 1 is 1.32 bits per heavy atom. The third-order valence-corrected chi connectivity index (χ3v) is 6.53. The van der Waals surface area contributed by atoms with Crippen LogP contribution in [-0.2, 0) is 11.3 Å². The highest BCUT2D eigenvalue weighted by atomic mass is 31.0. The van der Waals surface area contributed by atoms with E-state index >= 15 is 0 Å². The first kappa shape index (κ1) is 24.2. The molecule has 0 amide bonds. The van der Waals surface area contributed by atoms with Gasteiger partial charge < -0.3 is 10.1 Å². The second kappa shape index (κ2) is 11.0. The summed E-state index contributed by atoms with van der Waals surface area (Å²) in [6.07, 6.45) is 10.3. The molecule has 1 aromatic carbocycles. The zero-order valence-corrected chi connectivity index (χ0v) is 21.2. The maximum atomic E-state index is 13.9. The lowest BCUT2D eigenvalue weighted by atomic mass is 9.99. The van der Waals surface area contributed by atoms with Gasteiger partial charge in [0.2, 0.25) is 0 Å². The van der Waals surface area contributed by atoms with Crippen LogP contribution in [0.15, 0.2) is 66.1 Å². The molecule has 0 aliphatic carbocycles. The summed E-state index contributed by atoms with van der Waals surface area (Å²) in [6.45, 7) is 4.17. The minimum atomic E-state index is -0.563. The van der Waals surface area contributed by atoms with Gasteiger partial charge in [-0.2, -0.15) is 5.10 Å². The van der Waals surface area contributed by atoms with Gasteiger partial charge in [-0.15, -0.1) is 9.24 Å². The monoisotopic (exact) mass is 478 g/mol. The van der Waals surface area contributed by atoms with Crippen LogP contribution in [-0.4, -0.2) is 28.5 Å². The molecule has 0 fully saturated rings. The number of rotatable bonds is 8. The Kier molecular flexibility index (Phi) is 7.79. The van der Waals surface area contributed by atoms with E-state index in [2.05, 4.69) is 43.8 Å². The quantitative estimate of drug-likeness (QED) is 0.241. The Labute approximate surface area is 203 Å². The molecule has 34 heavy (non-hydrogen) atoms. The van der Waals surface area contributed by atoms with Crippen molar-refractivity contribution in [2.75, 3.05) is 19.1 Å². The molecule has 5 nitrogen and oxygen atoms in total. The Morgan fingerprint density at radius 2 is 2.18 bits per heavy atom. The third-order valence-electron chi connectivity index (χ3n) is 6.17. The number of benzene rings is 1. The minimum Gasteiger partial charge on any atom is -0.497 e. The highest BCUT2D eigenvalue weighted by Crippen LogP contribution is 2.34. The Bertz CT molecular complexity index is 1260. The van der Waals surface area contributed by atoms with Gasteiger partial charge in [-0.3, -0.25) is 4.68 Å². The first-order chi connectivity index (χ1) is 16.6. The van der Waals surface area contributed by atoms with E-state index in [4.69, 9.17) is 9.84 Å². The van der Waals surface area contributed by atoms with Crippen molar-refractivity contribution < 1.29 is 9.13 Å². The van der Waals surface area contributed by atoms with E-state index in [1.165, 1.54) is 0 Å². The molecule has 1 aliphatic rings. The molecule has 0 spiro atoms. The SMILES string of the molecule is C\C=C(CF)/C(=C\C(=C\CC)OC)c1cc2n(n1)CCCC2Nc1nccc2ccc(P)cc12. The Hall–Kier alpha value is -2.98. The van der Waals surface area contributed by atoms with Crippen LogP contribution in [0.4, 0.5) is 10.2 Å². The van der Waals surface area contributed by atoms with Crippen LogP contribution in [0.25, 0.3) is 16.3 Å². The molecule has 4 rings (SSSR count). The van der Waals surface area contributed by atoms with E-state index in [0.717, 1.165) is 64.7 Å². The van der Waals surface area contributed by atoms with Gasteiger partial charge in [0.15, 0.2) is 0 Å². The van der Waals surface area contributed by atoms with E-state index < -0.39 is 6.67 Å². The number of methoxy groups -OCH3 is 1. The molecular formula is C27H32FN4OP. The maximum Gasteiger partial charge on any atom is 0.134 e. The van der Waals surface area contributed by atoms with E-state index in [0.29, 0.717) is 11.3 Å². The second-order valence-electron chi connectivity index (χ2n) is 8.38. The number of pyridine rings is 1. The van der Waals surface area contributed by atoms with Crippen LogP contribution < -0.4 is 10.6 Å². The molecule has 3 heterocycles. The minimum absolute atomic E-state index is 0.0648. The molecule has 1 N–H and O–H groups in total. The molecule has 0 bridgehead atoms. The van der Waals surface area contributed by atoms with Crippen molar-refractivity contribution in [2.24, 2.45) is 0 Å². The van der Waals surface area contributed by atoms with Crippen molar-refractivity contribution in [3.05, 3.63) is 77.5 Å². The largest absolute Gasteiger partial charge is 0.497 e. The molecule has 0 saturated carbocycles. The summed E-state index contributed by atoms with van der Waals surface area (Å²) in [6, 6.07) is 10.5. The number of hydrogen-bond donors (Lipinski definition) is 1. The lowest BCUT2D eigenvalue weighted by Crippen LogP contribution is -2.22. The highest BCUT2D eigenvalue weighted by molar-refractivity contribution is 7.27. The number of ether oxygens (including phenoxy) is 1. The van der Waals surface area contributed by atoms with Gasteiger partial charge in [-0.05, 0) is 72.8 Å². The molecule has 0 radical (unpaired) electrons. The Balaban J connectivity index is 1.73. The molecule has 1 aliphatic heterocycles. The fourth-order valence-electron chi connectivity index (χ4n) is 4.41. The van der Waals surface area contributed by atoms with Gasteiger partial charge in [0.05, 0.1) is 24.5 Å². The van der Waals surface area contributed by atoms with Crippen molar-refractivity contribution in [2.45, 2.75) is 45.7 Å². The number of halogens is 1. The van der Waals surface area contributed by atoms with Crippen LogP contribution in [0.1, 0.15) is 50.5 Å². The van der Waals surface area contributed by atoms with Gasteiger partial charge in [-0.1, -0.05) is 25.1 Å². The number of anilines is 1. The third kappa shape index (κ3) is 5.07. The van der Waals surface area contributed by atoms with Gasteiger partial charge in [-0.25, -0.2) is 9.37 Å². The summed E-state index contributed by atoms with van der Waals surface area (Å²) < 4.78 is 21.5. The molecule has 2 unspecified atom stereocenters. The van der Waals surface area contributed by atoms with Crippen LogP contribution >= 0.6 is 9.24 Å². The fourth-order valence-corrected chi connectivity index (χ4v) is 4.67. The summed E-state index contributed by atoms with van der Waals surface area (Å²) in [5, 5.41) is 11.9. The van der Waals surface area contributed by atoms with Crippen molar-refractivity contribution in [3.63, 3.8) is 0 Å². The molecule has 2 atom stereocenters. The number of nitrogens with zero attached hydrogens (tertiary/aromatic N) is 3. The van der Waals surface area contributed by atoms with E-state index in [9.17, 15) is 4.39 Å². The average molecular weight is 479 g/mol. The van der Waals surface area contributed by atoms with Crippen LogP contribution in [0.2, 0.25) is 0 Å². The van der Waals surface area contributed by atoms with Crippen molar-refractivity contribution in [1.82, 2.24) is 14.8 Å². The normalized spacial score (nSPS) is 17.1. The second-order valence-corrected chi connectivity index (χ2v) is 9.05. The summed E-state index contributed by atoms with van der Waals surface area (Å²) in [5.74, 6) is 1.57. The number of aryl methyl sites for hydroxylation is 1. The van der Waals surface area contributed by atoms with E-state index in [-0.39, 0.29) is 6.04 Å². The molecule has 0 saturated heterocycles. The van der Waals surface area contributed by atoms with Crippen LogP contribution in [0.3, 0.4) is 0 Å². The molecule has 2 aromatic heterocycles. The fraction of sp³-hybridized carbons (Fsp3) is 0.333. The van der Waals surface area contributed by atoms with Crippen molar-refractivity contribution in [1.29, 1.82) is 0 Å². The average Bonchev–Trinajstić information content (AvgIpc) is 3.29. The van der Waals surface area contributed by atoms with E-state index in [1.807, 2.05) is 42.9 Å². The van der Waals surface area contributed by atoms with E-state index in [1.54, 1.807) is 13.2 Å².